The van der Waals surface area contributed by atoms with Crippen LogP contribution in [-0.4, -0.2) is 12.4 Å². The van der Waals surface area contributed by atoms with Gasteiger partial charge in [0.05, 0.1) is 0 Å². The number of hydrogen-bond donors (Lipinski definition) is 3. The van der Waals surface area contributed by atoms with Crippen molar-refractivity contribution in [2.45, 2.75) is 40.0 Å². The molecule has 86 valence electrons. The lowest BCUT2D eigenvalue weighted by Gasteiger charge is -1.94. The van der Waals surface area contributed by atoms with Crippen LogP contribution < -0.4 is 5.32 Å². The van der Waals surface area contributed by atoms with Crippen molar-refractivity contribution in [3.8, 4) is 0 Å². The van der Waals surface area contributed by atoms with Gasteiger partial charge in [-0.05, 0) is 32.7 Å². The Morgan fingerprint density at radius 2 is 1.71 bits per heavy atom. The first-order chi connectivity index (χ1) is 6.54. The standard InChI is InChI=1S/C6H10S.C3H9NS.C2H6/c1-3-4-5-6(2)7;1-3(5)4-2;1-2/h3-5,7H,1-2H3;3-5H,1-2H3;1-2H3/b4-3-,6-5-;;. The molecule has 0 aliphatic rings. The smallest absolute Gasteiger partial charge is 0.0471 e. The Morgan fingerprint density at radius 1 is 1.36 bits per heavy atom. The second kappa shape index (κ2) is 18.8. The van der Waals surface area contributed by atoms with Gasteiger partial charge in [0, 0.05) is 5.37 Å². The van der Waals surface area contributed by atoms with Crippen LogP contribution >= 0.6 is 25.3 Å². The number of thiol groups is 2. The van der Waals surface area contributed by atoms with E-state index >= 15 is 0 Å². The Labute approximate surface area is 101 Å². The van der Waals surface area contributed by atoms with Gasteiger partial charge in [-0.25, -0.2) is 0 Å². The van der Waals surface area contributed by atoms with Crippen molar-refractivity contribution in [3.05, 3.63) is 23.1 Å². The highest BCUT2D eigenvalue weighted by atomic mass is 32.1. The van der Waals surface area contributed by atoms with Crippen LogP contribution in [0.3, 0.4) is 0 Å². The number of allylic oxidation sites excluding steroid dienone is 4. The zero-order chi connectivity index (χ0) is 12.0. The molecule has 0 aliphatic carbocycles. The van der Waals surface area contributed by atoms with E-state index in [4.69, 9.17) is 0 Å². The van der Waals surface area contributed by atoms with E-state index in [2.05, 4.69) is 30.6 Å². The average molecular weight is 235 g/mol. The summed E-state index contributed by atoms with van der Waals surface area (Å²) >= 11 is 8.03. The molecular formula is C11H25NS2. The first-order valence-electron chi connectivity index (χ1n) is 4.88. The topological polar surface area (TPSA) is 12.0 Å². The zero-order valence-electron chi connectivity index (χ0n) is 10.2. The molecule has 0 aromatic rings. The molecule has 1 atom stereocenters. The molecule has 0 rings (SSSR count). The Hall–Kier alpha value is 0.140. The van der Waals surface area contributed by atoms with Crippen LogP contribution in [0.1, 0.15) is 34.6 Å². The molecule has 0 radical (unpaired) electrons. The average Bonchev–Trinajstić information content (AvgIpc) is 2.18. The normalized spacial score (nSPS) is 12.4. The summed E-state index contributed by atoms with van der Waals surface area (Å²) in [5, 5.41) is 3.22. The molecule has 14 heavy (non-hydrogen) atoms. The fraction of sp³-hybridized carbons (Fsp3) is 0.636. The van der Waals surface area contributed by atoms with Gasteiger partial charge in [-0.15, -0.1) is 12.6 Å². The SMILES string of the molecule is C/C=C\C=C(\C)S.CC.CNC(C)S. The molecular weight excluding hydrogens is 210 g/mol. The van der Waals surface area contributed by atoms with Gasteiger partial charge in [-0.1, -0.05) is 32.1 Å². The maximum Gasteiger partial charge on any atom is 0.0471 e. The predicted octanol–water partition coefficient (Wildman–Crippen LogP) is 3.90. The van der Waals surface area contributed by atoms with Crippen molar-refractivity contribution in [2.24, 2.45) is 0 Å². The van der Waals surface area contributed by atoms with E-state index < -0.39 is 0 Å². The molecule has 0 bridgehead atoms. The Bertz CT molecular complexity index is 136. The van der Waals surface area contributed by atoms with E-state index in [1.807, 2.05) is 59.9 Å². The van der Waals surface area contributed by atoms with Crippen LogP contribution in [0, 0.1) is 0 Å². The molecule has 0 saturated heterocycles. The third kappa shape index (κ3) is 40.0. The minimum absolute atomic E-state index is 0.329. The van der Waals surface area contributed by atoms with Crippen molar-refractivity contribution >= 4 is 25.3 Å². The molecule has 3 heteroatoms. The Morgan fingerprint density at radius 3 is 1.79 bits per heavy atom. The summed E-state index contributed by atoms with van der Waals surface area (Å²) in [7, 11) is 1.87. The molecule has 0 fully saturated rings. The first-order valence-corrected chi connectivity index (χ1v) is 5.84. The number of rotatable bonds is 2. The highest BCUT2D eigenvalue weighted by Crippen LogP contribution is 1.95. The Kier molecular flexibility index (Phi) is 26.5. The van der Waals surface area contributed by atoms with Crippen molar-refractivity contribution in [1.29, 1.82) is 0 Å². The number of nitrogens with one attached hydrogen (secondary N) is 1. The lowest BCUT2D eigenvalue weighted by atomic mass is 10.5. The maximum atomic E-state index is 4.04. The summed E-state index contributed by atoms with van der Waals surface area (Å²) in [5.41, 5.74) is 0. The van der Waals surface area contributed by atoms with Crippen LogP contribution in [0.15, 0.2) is 23.1 Å². The van der Waals surface area contributed by atoms with Gasteiger partial charge in [-0.3, -0.25) is 0 Å². The second-order valence-electron chi connectivity index (χ2n) is 2.30. The highest BCUT2D eigenvalue weighted by Gasteiger charge is 1.77. The molecule has 1 nitrogen and oxygen atoms in total. The monoisotopic (exact) mass is 235 g/mol. The molecule has 0 saturated carbocycles. The van der Waals surface area contributed by atoms with E-state index in [0.717, 1.165) is 4.91 Å². The van der Waals surface area contributed by atoms with E-state index in [-0.39, 0.29) is 0 Å². The van der Waals surface area contributed by atoms with Crippen molar-refractivity contribution in [2.75, 3.05) is 7.05 Å². The van der Waals surface area contributed by atoms with Crippen LogP contribution in [0.2, 0.25) is 0 Å². The van der Waals surface area contributed by atoms with Gasteiger partial charge in [-0.2, -0.15) is 12.6 Å². The molecule has 1 unspecified atom stereocenters. The second-order valence-corrected chi connectivity index (χ2v) is 3.78. The van der Waals surface area contributed by atoms with Gasteiger partial charge in [0.1, 0.15) is 0 Å². The van der Waals surface area contributed by atoms with Gasteiger partial charge in [0.2, 0.25) is 0 Å². The van der Waals surface area contributed by atoms with Crippen LogP contribution in [0.5, 0.6) is 0 Å². The van der Waals surface area contributed by atoms with Crippen molar-refractivity contribution in [3.63, 3.8) is 0 Å². The summed E-state index contributed by atoms with van der Waals surface area (Å²) in [6.07, 6.45) is 5.88. The van der Waals surface area contributed by atoms with Gasteiger partial charge in [0.15, 0.2) is 0 Å². The van der Waals surface area contributed by atoms with Crippen LogP contribution in [0.4, 0.5) is 0 Å². The molecule has 0 heterocycles. The summed E-state index contributed by atoms with van der Waals surface area (Å²) in [4.78, 5) is 1.04. The quantitative estimate of drug-likeness (QED) is 0.375. The lowest BCUT2D eigenvalue weighted by Crippen LogP contribution is -2.12. The molecule has 0 amide bonds. The minimum Gasteiger partial charge on any atom is -0.309 e. The fourth-order valence-corrected chi connectivity index (χ4v) is 0.322. The molecule has 1 N–H and O–H groups in total. The molecule has 0 spiro atoms. The lowest BCUT2D eigenvalue weighted by molar-refractivity contribution is 0.812. The van der Waals surface area contributed by atoms with Gasteiger partial charge < -0.3 is 5.32 Å². The van der Waals surface area contributed by atoms with Crippen molar-refractivity contribution < 1.29 is 0 Å². The summed E-state index contributed by atoms with van der Waals surface area (Å²) in [6.45, 7) is 9.90. The summed E-state index contributed by atoms with van der Waals surface area (Å²) in [5.74, 6) is 0. The van der Waals surface area contributed by atoms with Crippen molar-refractivity contribution in [1.82, 2.24) is 5.32 Å². The van der Waals surface area contributed by atoms with Gasteiger partial charge in [0.25, 0.3) is 0 Å². The Balaban J connectivity index is -0.000000152. The van der Waals surface area contributed by atoms with Crippen LogP contribution in [0.25, 0.3) is 0 Å². The number of hydrogen-bond acceptors (Lipinski definition) is 3. The van der Waals surface area contributed by atoms with Crippen LogP contribution in [-0.2, 0) is 0 Å². The predicted molar refractivity (Wildman–Crippen MR) is 76.4 cm³/mol. The molecule has 0 aromatic heterocycles. The minimum atomic E-state index is 0.329. The highest BCUT2D eigenvalue weighted by molar-refractivity contribution is 7.84. The largest absolute Gasteiger partial charge is 0.309 e. The van der Waals surface area contributed by atoms with E-state index in [9.17, 15) is 0 Å². The summed E-state index contributed by atoms with van der Waals surface area (Å²) < 4.78 is 0. The first kappa shape index (κ1) is 19.7. The molecule has 0 aromatic carbocycles. The molecule has 0 aliphatic heterocycles. The third-order valence-electron chi connectivity index (χ3n) is 0.948. The summed E-state index contributed by atoms with van der Waals surface area (Å²) in [6, 6.07) is 0. The maximum absolute atomic E-state index is 4.04. The third-order valence-corrected chi connectivity index (χ3v) is 1.35. The van der Waals surface area contributed by atoms with E-state index in [1.54, 1.807) is 0 Å². The zero-order valence-corrected chi connectivity index (χ0v) is 12.0. The van der Waals surface area contributed by atoms with E-state index in [1.165, 1.54) is 0 Å². The van der Waals surface area contributed by atoms with Gasteiger partial charge >= 0.3 is 0 Å². The fourth-order valence-electron chi connectivity index (χ4n) is 0.235. The van der Waals surface area contributed by atoms with E-state index in [0.29, 0.717) is 5.37 Å².